The van der Waals surface area contributed by atoms with Gasteiger partial charge >= 0.3 is 0 Å². The number of thiazole rings is 1. The molecule has 1 aromatic heterocycles. The molecule has 3 nitrogen and oxygen atoms in total. The van der Waals surface area contributed by atoms with E-state index >= 15 is 0 Å². The van der Waals surface area contributed by atoms with Crippen LogP contribution in [0.5, 0.6) is 5.75 Å². The first-order valence-corrected chi connectivity index (χ1v) is 11.9. The van der Waals surface area contributed by atoms with E-state index in [1.165, 1.54) is 43.1 Å². The van der Waals surface area contributed by atoms with Crippen molar-refractivity contribution in [3.63, 3.8) is 0 Å². The van der Waals surface area contributed by atoms with Crippen LogP contribution in [0.25, 0.3) is 22.0 Å². The second-order valence-corrected chi connectivity index (χ2v) is 8.97. The SMILES string of the molecule is COc1ccc2ccccc2c1C=Nc1nc(-c2ccc(C3CCCCC3)cc2)cs1. The Morgan fingerprint density at radius 3 is 2.58 bits per heavy atom. The van der Waals surface area contributed by atoms with E-state index < -0.39 is 0 Å². The Morgan fingerprint density at radius 1 is 0.968 bits per heavy atom. The Bertz CT molecular complexity index is 1200. The van der Waals surface area contributed by atoms with E-state index in [9.17, 15) is 0 Å². The van der Waals surface area contributed by atoms with Crippen molar-refractivity contribution in [2.24, 2.45) is 4.99 Å². The molecule has 156 valence electrons. The van der Waals surface area contributed by atoms with E-state index in [0.29, 0.717) is 0 Å². The summed E-state index contributed by atoms with van der Waals surface area (Å²) in [7, 11) is 1.69. The fourth-order valence-electron chi connectivity index (χ4n) is 4.52. The maximum absolute atomic E-state index is 5.57. The Labute approximate surface area is 187 Å². The van der Waals surface area contributed by atoms with Gasteiger partial charge in [0.05, 0.1) is 12.8 Å². The van der Waals surface area contributed by atoms with E-state index in [1.807, 2.05) is 24.4 Å². The largest absolute Gasteiger partial charge is 0.496 e. The Morgan fingerprint density at radius 2 is 1.77 bits per heavy atom. The average molecular weight is 427 g/mol. The molecule has 0 amide bonds. The summed E-state index contributed by atoms with van der Waals surface area (Å²) >= 11 is 1.56. The molecule has 1 heterocycles. The van der Waals surface area contributed by atoms with Crippen molar-refractivity contribution in [2.75, 3.05) is 7.11 Å². The molecular weight excluding hydrogens is 400 g/mol. The third kappa shape index (κ3) is 4.26. The van der Waals surface area contributed by atoms with Gasteiger partial charge < -0.3 is 4.74 Å². The summed E-state index contributed by atoms with van der Waals surface area (Å²) in [6, 6.07) is 21.3. The van der Waals surface area contributed by atoms with Gasteiger partial charge in [0.25, 0.3) is 0 Å². The van der Waals surface area contributed by atoms with Crippen LogP contribution in [0, 0.1) is 0 Å². The van der Waals surface area contributed by atoms with Gasteiger partial charge in [-0.25, -0.2) is 9.98 Å². The topological polar surface area (TPSA) is 34.5 Å². The highest BCUT2D eigenvalue weighted by Crippen LogP contribution is 2.34. The maximum atomic E-state index is 5.57. The molecule has 0 radical (unpaired) electrons. The number of nitrogens with zero attached hydrogens (tertiary/aromatic N) is 2. The van der Waals surface area contributed by atoms with Crippen LogP contribution in [-0.2, 0) is 0 Å². The van der Waals surface area contributed by atoms with Crippen LogP contribution in [0.4, 0.5) is 5.13 Å². The number of fused-ring (bicyclic) bond motifs is 1. The number of rotatable bonds is 5. The molecule has 3 aromatic carbocycles. The third-order valence-corrected chi connectivity index (χ3v) is 6.98. The number of hydrogen-bond donors (Lipinski definition) is 0. The van der Waals surface area contributed by atoms with Crippen LogP contribution >= 0.6 is 11.3 Å². The summed E-state index contributed by atoms with van der Waals surface area (Å²) in [5, 5.41) is 5.13. The third-order valence-electron chi connectivity index (χ3n) is 6.23. The van der Waals surface area contributed by atoms with Crippen LogP contribution in [0.3, 0.4) is 0 Å². The number of aliphatic imine (C=N–C) groups is 1. The molecule has 0 aliphatic heterocycles. The number of methoxy groups -OCH3 is 1. The monoisotopic (exact) mass is 426 g/mol. The molecular formula is C27H26N2OS. The lowest BCUT2D eigenvalue weighted by atomic mass is 9.84. The second-order valence-electron chi connectivity index (χ2n) is 8.13. The summed E-state index contributed by atoms with van der Waals surface area (Å²) < 4.78 is 5.57. The zero-order valence-electron chi connectivity index (χ0n) is 17.8. The van der Waals surface area contributed by atoms with Gasteiger partial charge in [-0.3, -0.25) is 0 Å². The lowest BCUT2D eigenvalue weighted by molar-refractivity contribution is 0.415. The second kappa shape index (κ2) is 9.03. The van der Waals surface area contributed by atoms with Gasteiger partial charge in [-0.2, -0.15) is 0 Å². The minimum Gasteiger partial charge on any atom is -0.496 e. The Hall–Kier alpha value is -2.98. The van der Waals surface area contributed by atoms with Gasteiger partial charge in [0, 0.05) is 22.7 Å². The molecule has 0 spiro atoms. The van der Waals surface area contributed by atoms with Gasteiger partial charge in [-0.15, -0.1) is 11.3 Å². The fourth-order valence-corrected chi connectivity index (χ4v) is 5.20. The van der Waals surface area contributed by atoms with Crippen LogP contribution in [0.2, 0.25) is 0 Å². The normalized spacial score (nSPS) is 15.0. The van der Waals surface area contributed by atoms with Crippen LogP contribution in [0.1, 0.15) is 49.1 Å². The van der Waals surface area contributed by atoms with Gasteiger partial charge in [0.15, 0.2) is 0 Å². The number of hydrogen-bond acceptors (Lipinski definition) is 4. The minimum absolute atomic E-state index is 0.731. The van der Waals surface area contributed by atoms with Crippen molar-refractivity contribution < 1.29 is 4.74 Å². The summed E-state index contributed by atoms with van der Waals surface area (Å²) in [5.74, 6) is 1.55. The zero-order chi connectivity index (χ0) is 21.0. The summed E-state index contributed by atoms with van der Waals surface area (Å²) in [6.45, 7) is 0. The quantitative estimate of drug-likeness (QED) is 0.305. The van der Waals surface area contributed by atoms with Crippen molar-refractivity contribution in [1.29, 1.82) is 0 Å². The Kier molecular flexibility index (Phi) is 5.81. The summed E-state index contributed by atoms with van der Waals surface area (Å²) in [5.41, 5.74) is 4.59. The first-order valence-electron chi connectivity index (χ1n) is 11.0. The summed E-state index contributed by atoms with van der Waals surface area (Å²) in [6.07, 6.45) is 8.64. The molecule has 0 N–H and O–H groups in total. The lowest BCUT2D eigenvalue weighted by Crippen LogP contribution is -2.04. The first kappa shape index (κ1) is 20.0. The predicted octanol–water partition coefficient (Wildman–Crippen LogP) is 7.77. The standard InChI is InChI=1S/C27H26N2OS/c1-30-26-16-15-21-9-5-6-10-23(21)24(26)17-28-27-29-25(18-31-27)22-13-11-20(12-14-22)19-7-3-2-4-8-19/h5-6,9-19H,2-4,7-8H2,1H3. The first-order chi connectivity index (χ1) is 15.3. The van der Waals surface area contributed by atoms with Gasteiger partial charge in [0.2, 0.25) is 5.13 Å². The van der Waals surface area contributed by atoms with Crippen LogP contribution in [-0.4, -0.2) is 18.3 Å². The molecule has 0 atom stereocenters. The van der Waals surface area contributed by atoms with E-state index in [1.54, 1.807) is 18.4 Å². The molecule has 31 heavy (non-hydrogen) atoms. The molecule has 5 rings (SSSR count). The molecule has 1 aliphatic rings. The highest BCUT2D eigenvalue weighted by Gasteiger charge is 2.15. The Balaban J connectivity index is 1.38. The number of ether oxygens (including phenoxy) is 1. The summed E-state index contributed by atoms with van der Waals surface area (Å²) in [4.78, 5) is 9.43. The van der Waals surface area contributed by atoms with E-state index in [0.717, 1.165) is 39.0 Å². The van der Waals surface area contributed by atoms with Crippen molar-refractivity contribution in [3.8, 4) is 17.0 Å². The molecule has 1 fully saturated rings. The molecule has 0 saturated heterocycles. The fraction of sp³-hybridized carbons (Fsp3) is 0.259. The molecule has 1 saturated carbocycles. The maximum Gasteiger partial charge on any atom is 0.209 e. The molecule has 4 heteroatoms. The number of aromatic nitrogens is 1. The molecule has 4 aromatic rings. The van der Waals surface area contributed by atoms with E-state index in [-0.39, 0.29) is 0 Å². The van der Waals surface area contributed by atoms with Crippen molar-refractivity contribution >= 4 is 33.5 Å². The minimum atomic E-state index is 0.731. The van der Waals surface area contributed by atoms with Gasteiger partial charge in [0.1, 0.15) is 5.75 Å². The van der Waals surface area contributed by atoms with Crippen molar-refractivity contribution in [2.45, 2.75) is 38.0 Å². The van der Waals surface area contributed by atoms with Crippen molar-refractivity contribution in [1.82, 2.24) is 4.98 Å². The average Bonchev–Trinajstić information content (AvgIpc) is 3.32. The van der Waals surface area contributed by atoms with Gasteiger partial charge in [-0.05, 0) is 41.2 Å². The molecule has 1 aliphatic carbocycles. The molecule has 0 unspecified atom stereocenters. The highest BCUT2D eigenvalue weighted by molar-refractivity contribution is 7.13. The van der Waals surface area contributed by atoms with E-state index in [4.69, 9.17) is 9.72 Å². The smallest absolute Gasteiger partial charge is 0.209 e. The van der Waals surface area contributed by atoms with Crippen LogP contribution < -0.4 is 4.74 Å². The number of benzene rings is 3. The zero-order valence-corrected chi connectivity index (χ0v) is 18.6. The van der Waals surface area contributed by atoms with Crippen LogP contribution in [0.15, 0.2) is 71.0 Å². The van der Waals surface area contributed by atoms with Gasteiger partial charge in [-0.1, -0.05) is 73.9 Å². The molecule has 0 bridgehead atoms. The predicted molar refractivity (Wildman–Crippen MR) is 131 cm³/mol. The van der Waals surface area contributed by atoms with Crippen molar-refractivity contribution in [3.05, 3.63) is 77.2 Å². The highest BCUT2D eigenvalue weighted by atomic mass is 32.1. The van der Waals surface area contributed by atoms with E-state index in [2.05, 4.69) is 52.8 Å². The lowest BCUT2D eigenvalue weighted by Gasteiger charge is -2.22.